The minimum absolute atomic E-state index is 0.512. The van der Waals surface area contributed by atoms with Crippen molar-refractivity contribution in [1.82, 2.24) is 20.0 Å². The molecule has 0 aromatic carbocycles. The fourth-order valence-electron chi connectivity index (χ4n) is 1.27. The fourth-order valence-corrected chi connectivity index (χ4v) is 1.85. The lowest BCUT2D eigenvalue weighted by molar-refractivity contribution is 0.769. The molecule has 0 atom stereocenters. The van der Waals surface area contributed by atoms with Crippen LogP contribution in [0.15, 0.2) is 10.7 Å². The van der Waals surface area contributed by atoms with E-state index < -0.39 is 0 Å². The zero-order chi connectivity index (χ0) is 10.3. The van der Waals surface area contributed by atoms with Gasteiger partial charge in [-0.15, -0.1) is 0 Å². The third-order valence-electron chi connectivity index (χ3n) is 2.07. The predicted octanol–water partition coefficient (Wildman–Crippen LogP) is 1.46. The molecule has 6 heteroatoms. The van der Waals surface area contributed by atoms with Crippen LogP contribution in [-0.2, 0) is 7.05 Å². The SMILES string of the molecule is Cc1c(N)n[nH]c1-c1nn(C)cc1Br. The zero-order valence-electron chi connectivity index (χ0n) is 7.87. The van der Waals surface area contributed by atoms with Gasteiger partial charge in [0.1, 0.15) is 11.5 Å². The molecule has 0 bridgehead atoms. The summed E-state index contributed by atoms with van der Waals surface area (Å²) in [5.74, 6) is 0.512. The van der Waals surface area contributed by atoms with Gasteiger partial charge in [-0.1, -0.05) is 0 Å². The van der Waals surface area contributed by atoms with Crippen molar-refractivity contribution in [3.63, 3.8) is 0 Å². The van der Waals surface area contributed by atoms with E-state index >= 15 is 0 Å². The van der Waals surface area contributed by atoms with Crippen molar-refractivity contribution in [3.8, 4) is 11.4 Å². The molecule has 0 aliphatic rings. The number of rotatable bonds is 1. The first-order chi connectivity index (χ1) is 6.59. The average molecular weight is 256 g/mol. The van der Waals surface area contributed by atoms with Crippen molar-refractivity contribution in [2.75, 3.05) is 5.73 Å². The lowest BCUT2D eigenvalue weighted by atomic mass is 10.2. The highest BCUT2D eigenvalue weighted by Crippen LogP contribution is 2.28. The number of halogens is 1. The molecule has 2 rings (SSSR count). The van der Waals surface area contributed by atoms with Crippen LogP contribution >= 0.6 is 15.9 Å². The smallest absolute Gasteiger partial charge is 0.148 e. The Morgan fingerprint density at radius 1 is 1.57 bits per heavy atom. The maximum absolute atomic E-state index is 5.64. The maximum atomic E-state index is 5.64. The third-order valence-corrected chi connectivity index (χ3v) is 2.65. The van der Waals surface area contributed by atoms with Crippen molar-refractivity contribution >= 4 is 21.7 Å². The van der Waals surface area contributed by atoms with Crippen LogP contribution in [0, 0.1) is 6.92 Å². The Morgan fingerprint density at radius 3 is 2.71 bits per heavy atom. The minimum atomic E-state index is 0.512. The largest absolute Gasteiger partial charge is 0.382 e. The number of nitrogens with two attached hydrogens (primary N) is 1. The zero-order valence-corrected chi connectivity index (χ0v) is 9.46. The van der Waals surface area contributed by atoms with E-state index in [-0.39, 0.29) is 0 Å². The molecule has 0 aliphatic heterocycles. The van der Waals surface area contributed by atoms with Crippen molar-refractivity contribution in [2.24, 2.45) is 7.05 Å². The van der Waals surface area contributed by atoms with Gasteiger partial charge in [0.2, 0.25) is 0 Å². The van der Waals surface area contributed by atoms with Crippen LogP contribution in [-0.4, -0.2) is 20.0 Å². The lowest BCUT2D eigenvalue weighted by Gasteiger charge is -1.94. The molecule has 2 aromatic rings. The number of aromatic nitrogens is 4. The van der Waals surface area contributed by atoms with Gasteiger partial charge in [-0.3, -0.25) is 9.78 Å². The average Bonchev–Trinajstić information content (AvgIpc) is 2.59. The molecule has 0 saturated carbocycles. The van der Waals surface area contributed by atoms with E-state index in [2.05, 4.69) is 31.2 Å². The maximum Gasteiger partial charge on any atom is 0.148 e. The summed E-state index contributed by atoms with van der Waals surface area (Å²) < 4.78 is 2.65. The monoisotopic (exact) mass is 255 g/mol. The summed E-state index contributed by atoms with van der Waals surface area (Å²) in [6, 6.07) is 0. The van der Waals surface area contributed by atoms with Crippen molar-refractivity contribution in [1.29, 1.82) is 0 Å². The second kappa shape index (κ2) is 3.13. The molecule has 0 saturated heterocycles. The van der Waals surface area contributed by atoms with Crippen molar-refractivity contribution in [2.45, 2.75) is 6.92 Å². The molecule has 14 heavy (non-hydrogen) atoms. The van der Waals surface area contributed by atoms with Gasteiger partial charge in [-0.25, -0.2) is 0 Å². The van der Waals surface area contributed by atoms with E-state index in [4.69, 9.17) is 5.73 Å². The van der Waals surface area contributed by atoms with Crippen LogP contribution in [0.1, 0.15) is 5.56 Å². The van der Waals surface area contributed by atoms with Crippen LogP contribution < -0.4 is 5.73 Å². The van der Waals surface area contributed by atoms with Crippen molar-refractivity contribution in [3.05, 3.63) is 16.2 Å². The lowest BCUT2D eigenvalue weighted by Crippen LogP contribution is -1.89. The topological polar surface area (TPSA) is 72.5 Å². The summed E-state index contributed by atoms with van der Waals surface area (Å²) >= 11 is 3.43. The second-order valence-corrected chi connectivity index (χ2v) is 3.96. The molecule has 0 spiro atoms. The standard InChI is InChI=1S/C8H10BrN5/c1-4-6(11-12-8(4)10)7-5(9)3-14(2)13-7/h3H,1-2H3,(H3,10,11,12). The molecular weight excluding hydrogens is 246 g/mol. The summed E-state index contributed by atoms with van der Waals surface area (Å²) in [5.41, 5.74) is 8.25. The number of nitrogens with zero attached hydrogens (tertiary/aromatic N) is 3. The van der Waals surface area contributed by atoms with E-state index in [9.17, 15) is 0 Å². The number of nitrogen functional groups attached to an aromatic ring is 1. The van der Waals surface area contributed by atoms with Gasteiger partial charge in [-0.2, -0.15) is 10.2 Å². The second-order valence-electron chi connectivity index (χ2n) is 3.11. The van der Waals surface area contributed by atoms with E-state index in [0.717, 1.165) is 21.4 Å². The Morgan fingerprint density at radius 2 is 2.29 bits per heavy atom. The van der Waals surface area contributed by atoms with Gasteiger partial charge in [-0.05, 0) is 22.9 Å². The van der Waals surface area contributed by atoms with Gasteiger partial charge in [0.15, 0.2) is 0 Å². The first-order valence-corrected chi connectivity index (χ1v) is 4.89. The molecule has 74 valence electrons. The number of hydrogen-bond acceptors (Lipinski definition) is 3. The molecule has 0 unspecified atom stereocenters. The quantitative estimate of drug-likeness (QED) is 0.811. The number of aromatic amines is 1. The number of hydrogen-bond donors (Lipinski definition) is 2. The first-order valence-electron chi connectivity index (χ1n) is 4.09. The molecule has 2 heterocycles. The molecule has 3 N–H and O–H groups in total. The van der Waals surface area contributed by atoms with E-state index in [0.29, 0.717) is 5.82 Å². The Kier molecular flexibility index (Phi) is 2.07. The Bertz CT molecular complexity index is 470. The van der Waals surface area contributed by atoms with Crippen molar-refractivity contribution < 1.29 is 0 Å². The van der Waals surface area contributed by atoms with E-state index in [1.165, 1.54) is 0 Å². The summed E-state index contributed by atoms with van der Waals surface area (Å²) in [7, 11) is 1.86. The summed E-state index contributed by atoms with van der Waals surface area (Å²) in [4.78, 5) is 0. The van der Waals surface area contributed by atoms with Crippen LogP contribution in [0.4, 0.5) is 5.82 Å². The first kappa shape index (κ1) is 9.26. The van der Waals surface area contributed by atoms with E-state index in [1.54, 1.807) is 4.68 Å². The summed E-state index contributed by atoms with van der Waals surface area (Å²) in [6.45, 7) is 1.91. The Balaban J connectivity index is 2.59. The minimum Gasteiger partial charge on any atom is -0.382 e. The molecular formula is C8H10BrN5. The number of nitrogens with one attached hydrogen (secondary N) is 1. The molecule has 0 radical (unpaired) electrons. The van der Waals surface area contributed by atoms with Crippen LogP contribution in [0.25, 0.3) is 11.4 Å². The normalized spacial score (nSPS) is 10.8. The summed E-state index contributed by atoms with van der Waals surface area (Å²) in [6.07, 6.45) is 1.88. The molecule has 2 aromatic heterocycles. The van der Waals surface area contributed by atoms with Gasteiger partial charge in [0.25, 0.3) is 0 Å². The van der Waals surface area contributed by atoms with E-state index in [1.807, 2.05) is 20.2 Å². The van der Waals surface area contributed by atoms with Crippen LogP contribution in [0.2, 0.25) is 0 Å². The number of anilines is 1. The number of aryl methyl sites for hydroxylation is 1. The Labute approximate surface area is 89.4 Å². The summed E-state index contributed by atoms with van der Waals surface area (Å²) in [5, 5.41) is 11.1. The Hall–Kier alpha value is -1.30. The highest BCUT2D eigenvalue weighted by atomic mass is 79.9. The number of H-pyrrole nitrogens is 1. The highest BCUT2D eigenvalue weighted by Gasteiger charge is 2.14. The van der Waals surface area contributed by atoms with Gasteiger partial charge in [0.05, 0.1) is 10.2 Å². The van der Waals surface area contributed by atoms with Gasteiger partial charge < -0.3 is 5.73 Å². The molecule has 0 amide bonds. The van der Waals surface area contributed by atoms with Gasteiger partial charge in [0, 0.05) is 18.8 Å². The predicted molar refractivity (Wildman–Crippen MR) is 57.6 cm³/mol. The molecule has 0 aliphatic carbocycles. The molecule has 0 fully saturated rings. The fraction of sp³-hybridized carbons (Fsp3) is 0.250. The highest BCUT2D eigenvalue weighted by molar-refractivity contribution is 9.10. The van der Waals surface area contributed by atoms with Crippen LogP contribution in [0.5, 0.6) is 0 Å². The van der Waals surface area contributed by atoms with Crippen LogP contribution in [0.3, 0.4) is 0 Å². The third kappa shape index (κ3) is 1.31. The molecule has 5 nitrogen and oxygen atoms in total. The van der Waals surface area contributed by atoms with Gasteiger partial charge >= 0.3 is 0 Å².